The van der Waals surface area contributed by atoms with Crippen molar-refractivity contribution in [2.45, 2.75) is 96.3 Å². The summed E-state index contributed by atoms with van der Waals surface area (Å²) in [5.41, 5.74) is 1.57. The zero-order chi connectivity index (χ0) is 24.8. The van der Waals surface area contributed by atoms with Crippen LogP contribution in [0.5, 0.6) is 5.75 Å². The molecular weight excluding hydrogens is 441 g/mol. The molecule has 0 bridgehead atoms. The largest absolute Gasteiger partial charge is 0.494 e. The third-order valence-electron chi connectivity index (χ3n) is 6.48. The van der Waals surface area contributed by atoms with Gasteiger partial charge in [0.1, 0.15) is 5.75 Å². The van der Waals surface area contributed by atoms with Crippen LogP contribution in [0.15, 0.2) is 36.4 Å². The number of fused-ring (bicyclic) bond motifs is 1. The first-order valence-corrected chi connectivity index (χ1v) is 12.4. The number of ether oxygens (including phenoxy) is 1. The highest BCUT2D eigenvalue weighted by Crippen LogP contribution is 2.43. The molecule has 0 aliphatic carbocycles. The maximum absolute atomic E-state index is 14.1. The highest BCUT2D eigenvalue weighted by Gasteiger charge is 2.52. The molecule has 1 fully saturated rings. The molecule has 0 radical (unpaired) electrons. The van der Waals surface area contributed by atoms with Crippen LogP contribution in [0.1, 0.15) is 90.2 Å². The molecule has 1 heterocycles. The molecule has 2 aromatic carbocycles. The fourth-order valence-corrected chi connectivity index (χ4v) is 4.63. The smallest absolute Gasteiger partial charge is 0.409 e. The summed E-state index contributed by atoms with van der Waals surface area (Å²) in [5, 5.41) is 2.56. The number of hydrogen-bond acceptors (Lipinski definition) is 3. The number of hydrazine groups is 1. The van der Waals surface area contributed by atoms with E-state index in [9.17, 15) is 18.0 Å². The Labute approximate surface area is 200 Å². The van der Waals surface area contributed by atoms with E-state index < -0.39 is 23.7 Å². The molecule has 4 nitrogen and oxygen atoms in total. The minimum absolute atomic E-state index is 0.0206. The third kappa shape index (κ3) is 6.87. The zero-order valence-electron chi connectivity index (χ0n) is 20.5. The van der Waals surface area contributed by atoms with Gasteiger partial charge in [-0.25, -0.2) is 0 Å². The number of carbonyl (C=O) groups is 1. The van der Waals surface area contributed by atoms with Gasteiger partial charge in [0.2, 0.25) is 5.91 Å². The van der Waals surface area contributed by atoms with E-state index in [-0.39, 0.29) is 12.0 Å². The van der Waals surface area contributed by atoms with E-state index in [0.717, 1.165) is 29.0 Å². The number of alkyl halides is 3. The molecule has 7 heteroatoms. The summed E-state index contributed by atoms with van der Waals surface area (Å²) < 4.78 is 48.1. The summed E-state index contributed by atoms with van der Waals surface area (Å²) in [7, 11) is 0. The number of amides is 1. The van der Waals surface area contributed by atoms with E-state index >= 15 is 0 Å². The Kier molecular flexibility index (Phi) is 8.85. The number of benzene rings is 2. The van der Waals surface area contributed by atoms with Crippen molar-refractivity contribution in [2.75, 3.05) is 6.61 Å². The number of halogens is 3. The molecule has 3 rings (SSSR count). The molecule has 1 unspecified atom stereocenters. The Morgan fingerprint density at radius 3 is 2.21 bits per heavy atom. The van der Waals surface area contributed by atoms with Crippen LogP contribution in [-0.2, 0) is 4.79 Å². The summed E-state index contributed by atoms with van der Waals surface area (Å²) >= 11 is 0. The van der Waals surface area contributed by atoms with Gasteiger partial charge in [0.15, 0.2) is 6.04 Å². The third-order valence-corrected chi connectivity index (χ3v) is 6.48. The van der Waals surface area contributed by atoms with Crippen LogP contribution in [0, 0.1) is 0 Å². The summed E-state index contributed by atoms with van der Waals surface area (Å²) in [6, 6.07) is 8.28. The van der Waals surface area contributed by atoms with Gasteiger partial charge in [-0.2, -0.15) is 18.2 Å². The zero-order valence-corrected chi connectivity index (χ0v) is 20.5. The maximum atomic E-state index is 14.1. The minimum atomic E-state index is -4.54. The summed E-state index contributed by atoms with van der Waals surface area (Å²) in [6.45, 7) is 6.14. The predicted molar refractivity (Wildman–Crippen MR) is 130 cm³/mol. The average molecular weight is 479 g/mol. The topological polar surface area (TPSA) is 41.6 Å². The molecular formula is C27H37F3N2O2. The van der Waals surface area contributed by atoms with E-state index in [2.05, 4.69) is 12.3 Å². The molecule has 2 aromatic rings. The number of carbonyl (C=O) groups excluding carboxylic acids is 1. The van der Waals surface area contributed by atoms with Crippen molar-refractivity contribution in [1.29, 1.82) is 0 Å². The van der Waals surface area contributed by atoms with Crippen LogP contribution < -0.4 is 10.2 Å². The lowest BCUT2D eigenvalue weighted by atomic mass is 9.95. The van der Waals surface area contributed by atoms with Crippen molar-refractivity contribution in [3.63, 3.8) is 0 Å². The first-order valence-electron chi connectivity index (χ1n) is 12.4. The number of nitrogens with zero attached hydrogens (tertiary/aromatic N) is 1. The second-order valence-electron chi connectivity index (χ2n) is 9.93. The van der Waals surface area contributed by atoms with Gasteiger partial charge < -0.3 is 4.74 Å². The monoisotopic (exact) mass is 478 g/mol. The molecule has 0 aromatic heterocycles. The standard InChI is InChI=1S/C27H37F3N2O2/c1-4-5-6-7-8-9-10-11-16-34-23-15-14-20-17-22(13-12-21(20)18-23)25(27(28,29)30)32-26(2,3)19-24(33)31-32/h12-15,17-18,25H,4-11,16,19H2,1-3H3,(H,31,33). The van der Waals surface area contributed by atoms with E-state index in [0.29, 0.717) is 12.0 Å². The van der Waals surface area contributed by atoms with Crippen LogP contribution in [0.4, 0.5) is 13.2 Å². The first-order chi connectivity index (χ1) is 16.1. The first kappa shape index (κ1) is 26.3. The van der Waals surface area contributed by atoms with Gasteiger partial charge in [0, 0.05) is 12.0 Å². The minimum Gasteiger partial charge on any atom is -0.494 e. The Balaban J connectivity index is 1.62. The van der Waals surface area contributed by atoms with Gasteiger partial charge in [-0.1, -0.05) is 70.1 Å². The van der Waals surface area contributed by atoms with Crippen LogP contribution in [0.2, 0.25) is 0 Å². The van der Waals surface area contributed by atoms with Crippen molar-refractivity contribution >= 4 is 16.7 Å². The molecule has 1 atom stereocenters. The molecule has 1 aliphatic heterocycles. The maximum Gasteiger partial charge on any atom is 0.409 e. The predicted octanol–water partition coefficient (Wildman–Crippen LogP) is 7.48. The Morgan fingerprint density at radius 1 is 0.971 bits per heavy atom. The SMILES string of the molecule is CCCCCCCCCCOc1ccc2cc(C(N3NC(=O)CC3(C)C)C(F)(F)F)ccc2c1. The van der Waals surface area contributed by atoms with E-state index in [1.807, 2.05) is 6.07 Å². The van der Waals surface area contributed by atoms with E-state index in [4.69, 9.17) is 4.74 Å². The molecule has 0 saturated carbocycles. The highest BCUT2D eigenvalue weighted by molar-refractivity contribution is 5.85. The van der Waals surface area contributed by atoms with Crippen molar-refractivity contribution in [1.82, 2.24) is 10.4 Å². The molecule has 1 N–H and O–H groups in total. The fourth-order valence-electron chi connectivity index (χ4n) is 4.63. The second kappa shape index (κ2) is 11.4. The molecule has 1 saturated heterocycles. The van der Waals surface area contributed by atoms with Crippen LogP contribution >= 0.6 is 0 Å². The van der Waals surface area contributed by atoms with Gasteiger partial charge in [-0.05, 0) is 54.8 Å². The summed E-state index contributed by atoms with van der Waals surface area (Å²) in [5.74, 6) is 0.321. The molecule has 34 heavy (non-hydrogen) atoms. The Morgan fingerprint density at radius 2 is 1.59 bits per heavy atom. The van der Waals surface area contributed by atoms with E-state index in [1.165, 1.54) is 44.6 Å². The lowest BCUT2D eigenvalue weighted by Crippen LogP contribution is -2.51. The number of nitrogens with one attached hydrogen (secondary N) is 1. The highest BCUT2D eigenvalue weighted by atomic mass is 19.4. The van der Waals surface area contributed by atoms with Crippen molar-refractivity contribution in [3.8, 4) is 5.75 Å². The van der Waals surface area contributed by atoms with Crippen LogP contribution in [-0.4, -0.2) is 29.2 Å². The van der Waals surface area contributed by atoms with Gasteiger partial charge in [0.25, 0.3) is 0 Å². The van der Waals surface area contributed by atoms with Crippen molar-refractivity contribution < 1.29 is 22.7 Å². The van der Waals surface area contributed by atoms with E-state index in [1.54, 1.807) is 38.1 Å². The van der Waals surface area contributed by atoms with Crippen molar-refractivity contribution in [3.05, 3.63) is 42.0 Å². The Bertz CT molecular complexity index is 959. The van der Waals surface area contributed by atoms with Gasteiger partial charge in [-0.3, -0.25) is 10.2 Å². The number of hydrogen-bond donors (Lipinski definition) is 1. The second-order valence-corrected chi connectivity index (χ2v) is 9.93. The quantitative estimate of drug-likeness (QED) is 0.322. The fraction of sp³-hybridized carbons (Fsp3) is 0.593. The van der Waals surface area contributed by atoms with Crippen LogP contribution in [0.25, 0.3) is 10.8 Å². The van der Waals surface area contributed by atoms with Gasteiger partial charge in [-0.15, -0.1) is 0 Å². The molecule has 1 amide bonds. The van der Waals surface area contributed by atoms with Gasteiger partial charge in [0.05, 0.1) is 6.61 Å². The molecule has 188 valence electrons. The number of rotatable bonds is 12. The Hall–Kier alpha value is -2.28. The lowest BCUT2D eigenvalue weighted by Gasteiger charge is -2.38. The lowest BCUT2D eigenvalue weighted by molar-refractivity contribution is -0.203. The molecule has 0 spiro atoms. The molecule has 1 aliphatic rings. The van der Waals surface area contributed by atoms with Gasteiger partial charge >= 0.3 is 6.18 Å². The van der Waals surface area contributed by atoms with Crippen LogP contribution in [0.3, 0.4) is 0 Å². The summed E-state index contributed by atoms with van der Waals surface area (Å²) in [4.78, 5) is 11.8. The average Bonchev–Trinajstić information content (AvgIpc) is 3.03. The summed E-state index contributed by atoms with van der Waals surface area (Å²) in [6.07, 6.45) is 5.32. The normalized spacial score (nSPS) is 17.2. The van der Waals surface area contributed by atoms with Crippen molar-refractivity contribution in [2.24, 2.45) is 0 Å². The number of unbranched alkanes of at least 4 members (excludes halogenated alkanes) is 7.